The highest BCUT2D eigenvalue weighted by Crippen LogP contribution is 2.22. The SMILES string of the molecule is O=C1c2ccccc2C(=O)N1CCCCCOCCCCOCCCCOCCOc1ccc(Br)cn1. The van der Waals surface area contributed by atoms with Crippen molar-refractivity contribution in [1.29, 1.82) is 0 Å². The number of hydrogen-bond donors (Lipinski definition) is 0. The Kier molecular flexibility index (Phi) is 13.6. The molecule has 37 heavy (non-hydrogen) atoms. The van der Waals surface area contributed by atoms with Crippen molar-refractivity contribution in [2.45, 2.75) is 44.9 Å². The number of pyridine rings is 1. The summed E-state index contributed by atoms with van der Waals surface area (Å²) in [4.78, 5) is 30.2. The Morgan fingerprint density at radius 1 is 0.649 bits per heavy atom. The number of halogens is 1. The van der Waals surface area contributed by atoms with E-state index in [4.69, 9.17) is 18.9 Å². The van der Waals surface area contributed by atoms with E-state index in [0.29, 0.717) is 50.0 Å². The fraction of sp³-hybridized carbons (Fsp3) is 0.536. The summed E-state index contributed by atoms with van der Waals surface area (Å²) < 4.78 is 23.4. The van der Waals surface area contributed by atoms with Crippen LogP contribution in [0.15, 0.2) is 47.1 Å². The van der Waals surface area contributed by atoms with Crippen molar-refractivity contribution in [3.05, 3.63) is 58.2 Å². The first kappa shape index (κ1) is 29.2. The normalized spacial score (nSPS) is 12.8. The minimum absolute atomic E-state index is 0.177. The van der Waals surface area contributed by atoms with E-state index >= 15 is 0 Å². The lowest BCUT2D eigenvalue weighted by Gasteiger charge is -2.13. The summed E-state index contributed by atoms with van der Waals surface area (Å²) in [7, 11) is 0. The zero-order valence-corrected chi connectivity index (χ0v) is 23.0. The van der Waals surface area contributed by atoms with Crippen molar-refractivity contribution >= 4 is 27.7 Å². The summed E-state index contributed by atoms with van der Waals surface area (Å²) in [5, 5.41) is 0. The van der Waals surface area contributed by atoms with Crippen LogP contribution >= 0.6 is 15.9 Å². The van der Waals surface area contributed by atoms with Gasteiger partial charge in [-0.05, 0) is 79.1 Å². The van der Waals surface area contributed by atoms with E-state index in [-0.39, 0.29) is 11.8 Å². The van der Waals surface area contributed by atoms with Gasteiger partial charge in [-0.1, -0.05) is 12.1 Å². The third-order valence-electron chi connectivity index (χ3n) is 5.88. The maximum Gasteiger partial charge on any atom is 0.261 e. The zero-order chi connectivity index (χ0) is 26.1. The van der Waals surface area contributed by atoms with Crippen LogP contribution in [0, 0.1) is 0 Å². The van der Waals surface area contributed by atoms with Crippen LogP contribution in [0.3, 0.4) is 0 Å². The molecule has 0 bridgehead atoms. The third kappa shape index (κ3) is 10.5. The van der Waals surface area contributed by atoms with Crippen LogP contribution in [0.5, 0.6) is 5.88 Å². The minimum Gasteiger partial charge on any atom is -0.475 e. The fourth-order valence-corrected chi connectivity index (χ4v) is 4.10. The van der Waals surface area contributed by atoms with Gasteiger partial charge in [-0.2, -0.15) is 0 Å². The second kappa shape index (κ2) is 17.2. The summed E-state index contributed by atoms with van der Waals surface area (Å²) in [6, 6.07) is 10.7. The lowest BCUT2D eigenvalue weighted by Crippen LogP contribution is -2.30. The molecule has 1 aliphatic heterocycles. The van der Waals surface area contributed by atoms with Gasteiger partial charge in [-0.3, -0.25) is 14.5 Å². The summed E-state index contributed by atoms with van der Waals surface area (Å²) in [6.07, 6.45) is 8.26. The molecule has 2 aromatic rings. The predicted molar refractivity (Wildman–Crippen MR) is 144 cm³/mol. The average Bonchev–Trinajstić information content (AvgIpc) is 3.16. The van der Waals surface area contributed by atoms with E-state index in [2.05, 4.69) is 20.9 Å². The van der Waals surface area contributed by atoms with Crippen LogP contribution in [0.25, 0.3) is 0 Å². The predicted octanol–water partition coefficient (Wildman–Crippen LogP) is 5.30. The van der Waals surface area contributed by atoms with Gasteiger partial charge in [-0.25, -0.2) is 4.98 Å². The Bertz CT molecular complexity index is 921. The fourth-order valence-electron chi connectivity index (χ4n) is 3.87. The number of carbonyl (C=O) groups excluding carboxylic acids is 2. The largest absolute Gasteiger partial charge is 0.475 e. The van der Waals surface area contributed by atoms with Crippen molar-refractivity contribution in [2.75, 3.05) is 52.8 Å². The Morgan fingerprint density at radius 2 is 1.19 bits per heavy atom. The molecule has 2 heterocycles. The molecule has 0 spiro atoms. The maximum atomic E-state index is 12.3. The van der Waals surface area contributed by atoms with E-state index in [1.54, 1.807) is 30.5 Å². The highest BCUT2D eigenvalue weighted by atomic mass is 79.9. The van der Waals surface area contributed by atoms with Gasteiger partial charge in [0.15, 0.2) is 0 Å². The first-order valence-corrected chi connectivity index (χ1v) is 13.9. The molecule has 1 aromatic heterocycles. The highest BCUT2D eigenvalue weighted by molar-refractivity contribution is 9.10. The van der Waals surface area contributed by atoms with Gasteiger partial charge in [0.25, 0.3) is 11.8 Å². The van der Waals surface area contributed by atoms with Crippen LogP contribution in [-0.2, 0) is 14.2 Å². The highest BCUT2D eigenvalue weighted by Gasteiger charge is 2.34. The number of nitrogens with zero attached hydrogens (tertiary/aromatic N) is 2. The summed E-state index contributed by atoms with van der Waals surface area (Å²) in [5.41, 5.74) is 1.03. The van der Waals surface area contributed by atoms with Gasteiger partial charge >= 0.3 is 0 Å². The molecule has 202 valence electrons. The molecule has 3 rings (SSSR count). The molecule has 8 nitrogen and oxygen atoms in total. The topological polar surface area (TPSA) is 87.2 Å². The molecule has 0 atom stereocenters. The third-order valence-corrected chi connectivity index (χ3v) is 6.35. The van der Waals surface area contributed by atoms with E-state index in [1.165, 1.54) is 4.90 Å². The Balaban J connectivity index is 1.02. The molecule has 1 aromatic carbocycles. The second-order valence-corrected chi connectivity index (χ2v) is 9.70. The van der Waals surface area contributed by atoms with E-state index in [9.17, 15) is 9.59 Å². The van der Waals surface area contributed by atoms with Crippen LogP contribution < -0.4 is 4.74 Å². The molecule has 0 fully saturated rings. The molecular weight excluding hydrogens is 540 g/mol. The molecule has 2 amide bonds. The zero-order valence-electron chi connectivity index (χ0n) is 21.4. The maximum absolute atomic E-state index is 12.3. The Labute approximate surface area is 227 Å². The summed E-state index contributed by atoms with van der Waals surface area (Å²) in [5.74, 6) is 0.246. The van der Waals surface area contributed by atoms with Crippen LogP contribution in [0.2, 0.25) is 0 Å². The number of benzene rings is 1. The number of imide groups is 1. The monoisotopic (exact) mass is 576 g/mol. The number of carbonyl (C=O) groups is 2. The first-order chi connectivity index (χ1) is 18.2. The molecule has 9 heteroatoms. The smallest absolute Gasteiger partial charge is 0.261 e. The molecule has 0 N–H and O–H groups in total. The van der Waals surface area contributed by atoms with Crippen molar-refractivity contribution in [3.8, 4) is 5.88 Å². The number of unbranched alkanes of at least 4 members (excludes halogenated alkanes) is 4. The standard InChI is InChI=1S/C28H37BrN2O6/c29-23-12-13-26(30-22-23)37-21-20-36-19-9-8-18-35-17-7-6-16-34-15-5-1-4-14-31-27(32)24-10-2-3-11-25(24)28(31)33/h2-3,10-13,22H,1,4-9,14-21H2. The number of fused-ring (bicyclic) bond motifs is 1. The number of aromatic nitrogens is 1. The van der Waals surface area contributed by atoms with Crippen molar-refractivity contribution in [3.63, 3.8) is 0 Å². The molecule has 0 radical (unpaired) electrons. The van der Waals surface area contributed by atoms with Gasteiger partial charge in [-0.15, -0.1) is 0 Å². The average molecular weight is 578 g/mol. The summed E-state index contributed by atoms with van der Waals surface area (Å²) >= 11 is 3.34. The molecule has 0 saturated heterocycles. The van der Waals surface area contributed by atoms with Crippen molar-refractivity contribution in [2.24, 2.45) is 0 Å². The van der Waals surface area contributed by atoms with Crippen LogP contribution in [-0.4, -0.2) is 74.5 Å². The van der Waals surface area contributed by atoms with Gasteiger partial charge in [0.05, 0.1) is 17.7 Å². The van der Waals surface area contributed by atoms with Gasteiger partial charge in [0.2, 0.25) is 5.88 Å². The van der Waals surface area contributed by atoms with Crippen molar-refractivity contribution < 1.29 is 28.5 Å². The van der Waals surface area contributed by atoms with E-state index in [1.807, 2.05) is 12.1 Å². The summed E-state index contributed by atoms with van der Waals surface area (Å²) in [6.45, 7) is 5.13. The van der Waals surface area contributed by atoms with Crippen molar-refractivity contribution in [1.82, 2.24) is 9.88 Å². The molecule has 1 aliphatic rings. The molecular formula is C28H37BrN2O6. The lowest BCUT2D eigenvalue weighted by molar-refractivity contribution is 0.0649. The molecule has 0 saturated carbocycles. The van der Waals surface area contributed by atoms with E-state index in [0.717, 1.165) is 69.2 Å². The number of hydrogen-bond acceptors (Lipinski definition) is 7. The number of amides is 2. The molecule has 0 aliphatic carbocycles. The minimum atomic E-state index is -0.177. The van der Waals surface area contributed by atoms with Gasteiger partial charge in [0.1, 0.15) is 6.61 Å². The number of ether oxygens (including phenoxy) is 4. The van der Waals surface area contributed by atoms with E-state index < -0.39 is 0 Å². The Hall–Kier alpha value is -2.33. The number of rotatable bonds is 20. The quantitative estimate of drug-likeness (QED) is 0.156. The van der Waals surface area contributed by atoms with Crippen LogP contribution in [0.4, 0.5) is 0 Å². The first-order valence-electron chi connectivity index (χ1n) is 13.1. The second-order valence-electron chi connectivity index (χ2n) is 8.78. The van der Waals surface area contributed by atoms with Crippen LogP contribution in [0.1, 0.15) is 65.7 Å². The van der Waals surface area contributed by atoms with Gasteiger partial charge < -0.3 is 18.9 Å². The molecule has 0 unspecified atom stereocenters. The lowest BCUT2D eigenvalue weighted by atomic mass is 10.1. The van der Waals surface area contributed by atoms with Gasteiger partial charge in [0, 0.05) is 56.3 Å². The Morgan fingerprint density at radius 3 is 1.73 bits per heavy atom.